The molecule has 7 heteroatoms. The third kappa shape index (κ3) is 6.74. The molecule has 3 aliphatic heterocycles. The molecule has 0 aromatic heterocycles. The number of methoxy groups -OCH3 is 2. The number of hydrogen-bond acceptors (Lipinski definition) is 5. The van der Waals surface area contributed by atoms with Crippen molar-refractivity contribution in [3.63, 3.8) is 0 Å². The molecule has 2 amide bonds. The predicted octanol–water partition coefficient (Wildman–Crippen LogP) is 6.54. The summed E-state index contributed by atoms with van der Waals surface area (Å²) >= 11 is 0. The van der Waals surface area contributed by atoms with E-state index in [1.807, 2.05) is 6.07 Å². The van der Waals surface area contributed by atoms with E-state index in [0.717, 1.165) is 115 Å². The fraction of sp³-hybridized carbons (Fsp3) is 0.632. The summed E-state index contributed by atoms with van der Waals surface area (Å²) in [7, 11) is 3.38. The van der Waals surface area contributed by atoms with E-state index in [4.69, 9.17) is 9.47 Å². The number of benzene rings is 2. The van der Waals surface area contributed by atoms with Crippen molar-refractivity contribution in [1.29, 1.82) is 0 Å². The smallest absolute Gasteiger partial charge is 0.233 e. The Hall–Kier alpha value is -3.06. The van der Waals surface area contributed by atoms with Crippen LogP contribution in [0.25, 0.3) is 0 Å². The molecule has 244 valence electrons. The highest BCUT2D eigenvalue weighted by molar-refractivity contribution is 5.88. The summed E-state index contributed by atoms with van der Waals surface area (Å²) in [6.07, 6.45) is 13.7. The van der Waals surface area contributed by atoms with Gasteiger partial charge in [-0.1, -0.05) is 56.0 Å². The Kier molecular flexibility index (Phi) is 10.3. The van der Waals surface area contributed by atoms with E-state index in [1.54, 1.807) is 14.2 Å². The van der Waals surface area contributed by atoms with Crippen molar-refractivity contribution >= 4 is 11.8 Å². The largest absolute Gasteiger partial charge is 0.493 e. The van der Waals surface area contributed by atoms with Gasteiger partial charge >= 0.3 is 0 Å². The number of piperidine rings is 2. The molecule has 45 heavy (non-hydrogen) atoms. The predicted molar refractivity (Wildman–Crippen MR) is 178 cm³/mol. The Balaban J connectivity index is 1.21. The molecule has 1 saturated carbocycles. The van der Waals surface area contributed by atoms with E-state index in [1.165, 1.54) is 36.0 Å². The molecule has 2 aromatic rings. The summed E-state index contributed by atoms with van der Waals surface area (Å²) in [6.45, 7) is 5.20. The maximum atomic E-state index is 14.2. The number of fused-ring (bicyclic) bond motifs is 1. The van der Waals surface area contributed by atoms with Crippen molar-refractivity contribution in [3.05, 3.63) is 59.2 Å². The van der Waals surface area contributed by atoms with Crippen molar-refractivity contribution < 1.29 is 19.1 Å². The van der Waals surface area contributed by atoms with E-state index in [2.05, 4.69) is 51.1 Å². The van der Waals surface area contributed by atoms with E-state index in [9.17, 15) is 9.59 Å². The monoisotopic (exact) mass is 615 g/mol. The number of carbonyl (C=O) groups is 2. The topological polar surface area (TPSA) is 62.3 Å². The molecule has 0 spiro atoms. The fourth-order valence-electron chi connectivity index (χ4n) is 8.61. The second kappa shape index (κ2) is 14.6. The summed E-state index contributed by atoms with van der Waals surface area (Å²) in [4.78, 5) is 35.2. The molecule has 4 aliphatic rings. The molecule has 0 N–H and O–H groups in total. The first-order valence-corrected chi connectivity index (χ1v) is 17.7. The quantitative estimate of drug-likeness (QED) is 0.316. The molecule has 7 nitrogen and oxygen atoms in total. The van der Waals surface area contributed by atoms with Crippen molar-refractivity contribution in [2.75, 3.05) is 53.5 Å². The van der Waals surface area contributed by atoms with Gasteiger partial charge in [-0.3, -0.25) is 9.59 Å². The van der Waals surface area contributed by atoms with Crippen molar-refractivity contribution in [3.8, 4) is 11.5 Å². The van der Waals surface area contributed by atoms with E-state index in [0.29, 0.717) is 11.8 Å². The molecule has 0 bridgehead atoms. The highest BCUT2D eigenvalue weighted by atomic mass is 16.5. The Morgan fingerprint density at radius 1 is 0.800 bits per heavy atom. The first-order valence-electron chi connectivity index (χ1n) is 17.7. The van der Waals surface area contributed by atoms with Crippen LogP contribution in [0.5, 0.6) is 11.5 Å². The van der Waals surface area contributed by atoms with Crippen LogP contribution in [0.15, 0.2) is 42.5 Å². The normalized spacial score (nSPS) is 22.8. The van der Waals surface area contributed by atoms with Crippen molar-refractivity contribution in [2.24, 2.45) is 5.92 Å². The van der Waals surface area contributed by atoms with Gasteiger partial charge in [0.1, 0.15) is 0 Å². The standard InChI is InChI=1S/C38H53N3O4/c1-44-34-27-30-17-24-41(36(42)29-13-7-3-4-8-14-29)33(32(30)28-35(34)45-2)18-23-39-25-19-38(20-26-39,31-15-9-5-10-16-31)37(43)40-21-11-6-12-22-40/h5,9-10,15-16,27-29,33H,3-4,6-8,11-14,17-26H2,1-2H3. The van der Waals surface area contributed by atoms with E-state index >= 15 is 0 Å². The van der Waals surface area contributed by atoms with Crippen molar-refractivity contribution in [1.82, 2.24) is 14.7 Å². The van der Waals surface area contributed by atoms with Crippen LogP contribution in [-0.4, -0.2) is 80.0 Å². The number of carbonyl (C=O) groups excluding carboxylic acids is 2. The molecule has 1 aliphatic carbocycles. The average Bonchev–Trinajstić information content (AvgIpc) is 3.40. The summed E-state index contributed by atoms with van der Waals surface area (Å²) < 4.78 is 11.4. The third-order valence-electron chi connectivity index (χ3n) is 11.3. The number of amides is 2. The lowest BCUT2D eigenvalue weighted by atomic mass is 9.71. The minimum absolute atomic E-state index is 0.0140. The van der Waals surface area contributed by atoms with Gasteiger partial charge in [0, 0.05) is 32.1 Å². The number of likely N-dealkylation sites (tertiary alicyclic amines) is 2. The molecule has 2 aromatic carbocycles. The highest BCUT2D eigenvalue weighted by Gasteiger charge is 2.45. The number of nitrogens with zero attached hydrogens (tertiary/aromatic N) is 3. The zero-order valence-electron chi connectivity index (χ0n) is 27.6. The van der Waals surface area contributed by atoms with Gasteiger partial charge in [-0.15, -0.1) is 0 Å². The lowest BCUT2D eigenvalue weighted by Crippen LogP contribution is -2.54. The molecule has 1 atom stereocenters. The SMILES string of the molecule is COc1cc2c(cc1OC)C(CCN1CCC(C(=O)N3CCCCC3)(c3ccccc3)CC1)N(C(=O)C1CCCCCC1)CC2. The van der Waals surface area contributed by atoms with Gasteiger partial charge in [0.2, 0.25) is 11.8 Å². The first kappa shape index (κ1) is 31.9. The van der Waals surface area contributed by atoms with Gasteiger partial charge < -0.3 is 24.2 Å². The van der Waals surface area contributed by atoms with Crippen LogP contribution >= 0.6 is 0 Å². The maximum absolute atomic E-state index is 14.2. The number of rotatable bonds is 8. The van der Waals surface area contributed by atoms with Crippen LogP contribution < -0.4 is 9.47 Å². The second-order valence-electron chi connectivity index (χ2n) is 13.8. The molecule has 3 fully saturated rings. The maximum Gasteiger partial charge on any atom is 0.233 e. The van der Waals surface area contributed by atoms with Crippen LogP contribution in [0.2, 0.25) is 0 Å². The first-order chi connectivity index (χ1) is 22.0. The Bertz CT molecular complexity index is 1290. The van der Waals surface area contributed by atoms with E-state index < -0.39 is 5.41 Å². The van der Waals surface area contributed by atoms with Crippen molar-refractivity contribution in [2.45, 2.75) is 94.9 Å². The average molecular weight is 616 g/mol. The van der Waals surface area contributed by atoms with Crippen LogP contribution in [-0.2, 0) is 21.4 Å². The third-order valence-corrected chi connectivity index (χ3v) is 11.3. The van der Waals surface area contributed by atoms with Gasteiger partial charge in [0.05, 0.1) is 25.7 Å². The van der Waals surface area contributed by atoms with Gasteiger partial charge in [0.25, 0.3) is 0 Å². The van der Waals surface area contributed by atoms with Gasteiger partial charge in [-0.05, 0) is 99.7 Å². The summed E-state index contributed by atoms with van der Waals surface area (Å²) in [5, 5.41) is 0. The van der Waals surface area contributed by atoms with Gasteiger partial charge in [-0.25, -0.2) is 0 Å². The minimum Gasteiger partial charge on any atom is -0.493 e. The summed E-state index contributed by atoms with van der Waals surface area (Å²) in [5.41, 5.74) is 3.19. The minimum atomic E-state index is -0.446. The molecule has 6 rings (SSSR count). The molecular weight excluding hydrogens is 562 g/mol. The van der Waals surface area contributed by atoms with Crippen LogP contribution in [0.1, 0.15) is 99.8 Å². The lowest BCUT2D eigenvalue weighted by Gasteiger charge is -2.45. The second-order valence-corrected chi connectivity index (χ2v) is 13.8. The van der Waals surface area contributed by atoms with Crippen LogP contribution in [0.4, 0.5) is 0 Å². The summed E-state index contributed by atoms with van der Waals surface area (Å²) in [5.74, 6) is 2.29. The molecule has 1 unspecified atom stereocenters. The number of hydrogen-bond donors (Lipinski definition) is 0. The van der Waals surface area contributed by atoms with Gasteiger partial charge in [-0.2, -0.15) is 0 Å². The van der Waals surface area contributed by atoms with Crippen LogP contribution in [0, 0.1) is 5.92 Å². The zero-order valence-corrected chi connectivity index (χ0v) is 27.6. The summed E-state index contributed by atoms with van der Waals surface area (Å²) in [6, 6.07) is 14.8. The highest BCUT2D eigenvalue weighted by Crippen LogP contribution is 2.42. The zero-order chi connectivity index (χ0) is 31.2. The lowest BCUT2D eigenvalue weighted by molar-refractivity contribution is -0.141. The molecule has 2 saturated heterocycles. The molecule has 3 heterocycles. The van der Waals surface area contributed by atoms with E-state index in [-0.39, 0.29) is 12.0 Å². The Morgan fingerprint density at radius 2 is 1.44 bits per heavy atom. The molecule has 0 radical (unpaired) electrons. The van der Waals surface area contributed by atoms with Gasteiger partial charge in [0.15, 0.2) is 11.5 Å². The Morgan fingerprint density at radius 3 is 2.11 bits per heavy atom. The number of ether oxygens (including phenoxy) is 2. The Labute approximate surface area is 270 Å². The fourth-order valence-corrected chi connectivity index (χ4v) is 8.61. The molecular formula is C38H53N3O4. The van der Waals surface area contributed by atoms with Crippen LogP contribution in [0.3, 0.4) is 0 Å².